The minimum absolute atomic E-state index is 0.0772. The van der Waals surface area contributed by atoms with Crippen molar-refractivity contribution < 1.29 is 14.5 Å². The quantitative estimate of drug-likeness (QED) is 0.467. The van der Waals surface area contributed by atoms with Gasteiger partial charge in [-0.2, -0.15) is 0 Å². The van der Waals surface area contributed by atoms with Crippen LogP contribution in [-0.4, -0.2) is 29.0 Å². The summed E-state index contributed by atoms with van der Waals surface area (Å²) in [6, 6.07) is 6.62. The Morgan fingerprint density at radius 1 is 1.46 bits per heavy atom. The molecule has 0 saturated carbocycles. The number of nitro benzene ring substituents is 1. The maximum Gasteiger partial charge on any atom is 0.357 e. The Labute approximate surface area is 143 Å². The first-order chi connectivity index (χ1) is 11.6. The fraction of sp³-hybridized carbons (Fsp3) is 0.375. The van der Waals surface area contributed by atoms with Gasteiger partial charge in [0.2, 0.25) is 0 Å². The van der Waals surface area contributed by atoms with Gasteiger partial charge in [-0.25, -0.2) is 9.78 Å². The first kappa shape index (κ1) is 16.4. The van der Waals surface area contributed by atoms with Crippen LogP contribution in [0.2, 0.25) is 0 Å². The summed E-state index contributed by atoms with van der Waals surface area (Å²) in [5, 5.41) is 13.4. The average molecular weight is 347 g/mol. The molecule has 1 aromatic carbocycles. The zero-order valence-corrected chi connectivity index (χ0v) is 14.0. The van der Waals surface area contributed by atoms with Crippen molar-refractivity contribution >= 4 is 28.7 Å². The third-order valence-corrected chi connectivity index (χ3v) is 4.88. The smallest absolute Gasteiger partial charge is 0.357 e. The molecule has 1 aliphatic rings. The molecule has 3 rings (SSSR count). The van der Waals surface area contributed by atoms with Crippen LogP contribution in [0.3, 0.4) is 0 Å². The van der Waals surface area contributed by atoms with Crippen LogP contribution in [0.5, 0.6) is 0 Å². The van der Waals surface area contributed by atoms with Crippen molar-refractivity contribution in [2.45, 2.75) is 25.8 Å². The number of anilines is 1. The van der Waals surface area contributed by atoms with Crippen molar-refractivity contribution in [1.29, 1.82) is 0 Å². The molecule has 0 spiro atoms. The van der Waals surface area contributed by atoms with Crippen molar-refractivity contribution in [1.82, 2.24) is 4.98 Å². The highest BCUT2D eigenvalue weighted by atomic mass is 32.1. The summed E-state index contributed by atoms with van der Waals surface area (Å²) in [6.45, 7) is 2.94. The zero-order chi connectivity index (χ0) is 17.1. The van der Waals surface area contributed by atoms with Gasteiger partial charge >= 0.3 is 5.97 Å². The lowest BCUT2D eigenvalue weighted by atomic mass is 10.2. The third kappa shape index (κ3) is 3.23. The minimum atomic E-state index is -0.405. The van der Waals surface area contributed by atoms with Crippen molar-refractivity contribution in [2.24, 2.45) is 0 Å². The Hall–Kier alpha value is -2.48. The minimum Gasteiger partial charge on any atom is -0.461 e. The zero-order valence-electron chi connectivity index (χ0n) is 13.2. The number of ether oxygens (including phenoxy) is 1. The van der Waals surface area contributed by atoms with Crippen molar-refractivity contribution in [3.8, 4) is 0 Å². The van der Waals surface area contributed by atoms with Gasteiger partial charge in [0.15, 0.2) is 5.69 Å². The van der Waals surface area contributed by atoms with E-state index in [-0.39, 0.29) is 11.7 Å². The van der Waals surface area contributed by atoms with Crippen LogP contribution < -0.4 is 4.90 Å². The number of nitro groups is 1. The average Bonchev–Trinajstić information content (AvgIpc) is 3.24. The standard InChI is InChI=1S/C16H17N3O4S/c1-2-23-16(20)13-10-24-15(17-13)14-4-3-9-18(14)11-5-7-12(8-6-11)19(21)22/h5-8,10,14H,2-4,9H2,1H3. The summed E-state index contributed by atoms with van der Waals surface area (Å²) in [4.78, 5) is 28.7. The number of carbonyl (C=O) groups excluding carboxylic acids is 1. The second-order valence-electron chi connectivity index (χ2n) is 5.42. The Morgan fingerprint density at radius 2 is 2.21 bits per heavy atom. The Bertz CT molecular complexity index is 744. The molecule has 1 aromatic heterocycles. The van der Waals surface area contributed by atoms with Crippen LogP contribution in [0.25, 0.3) is 0 Å². The lowest BCUT2D eigenvalue weighted by Gasteiger charge is -2.25. The van der Waals surface area contributed by atoms with E-state index in [1.165, 1.54) is 23.5 Å². The number of carbonyl (C=O) groups is 1. The van der Waals surface area contributed by atoms with Gasteiger partial charge in [-0.05, 0) is 31.9 Å². The van der Waals surface area contributed by atoms with Crippen molar-refractivity contribution in [3.63, 3.8) is 0 Å². The van der Waals surface area contributed by atoms with Crippen molar-refractivity contribution in [2.75, 3.05) is 18.1 Å². The molecule has 2 heterocycles. The number of hydrogen-bond acceptors (Lipinski definition) is 7. The van der Waals surface area contributed by atoms with Gasteiger partial charge < -0.3 is 9.64 Å². The fourth-order valence-electron chi connectivity index (χ4n) is 2.84. The molecule has 0 bridgehead atoms. The molecule has 1 unspecified atom stereocenters. The Morgan fingerprint density at radius 3 is 2.88 bits per heavy atom. The van der Waals surface area contributed by atoms with E-state index in [0.29, 0.717) is 12.3 Å². The van der Waals surface area contributed by atoms with Gasteiger partial charge in [0.05, 0.1) is 17.6 Å². The number of aromatic nitrogens is 1. The number of esters is 1. The molecule has 0 amide bonds. The molecule has 8 heteroatoms. The molecule has 1 aliphatic heterocycles. The van der Waals surface area contributed by atoms with Gasteiger partial charge in [-0.15, -0.1) is 11.3 Å². The molecular weight excluding hydrogens is 330 g/mol. The molecule has 0 N–H and O–H groups in total. The van der Waals surface area contributed by atoms with Crippen LogP contribution in [-0.2, 0) is 4.74 Å². The van der Waals surface area contributed by atoms with Crippen LogP contribution in [0, 0.1) is 10.1 Å². The van der Waals surface area contributed by atoms with Crippen LogP contribution in [0.4, 0.5) is 11.4 Å². The summed E-state index contributed by atoms with van der Waals surface area (Å²) in [5.74, 6) is -0.403. The van der Waals surface area contributed by atoms with E-state index in [0.717, 1.165) is 30.1 Å². The van der Waals surface area contributed by atoms with Gasteiger partial charge in [0, 0.05) is 29.7 Å². The highest BCUT2D eigenvalue weighted by Gasteiger charge is 2.29. The second-order valence-corrected chi connectivity index (χ2v) is 6.31. The Balaban J connectivity index is 1.80. The van der Waals surface area contributed by atoms with E-state index in [2.05, 4.69) is 9.88 Å². The molecule has 1 atom stereocenters. The van der Waals surface area contributed by atoms with E-state index in [1.807, 2.05) is 0 Å². The van der Waals surface area contributed by atoms with E-state index in [9.17, 15) is 14.9 Å². The highest BCUT2D eigenvalue weighted by Crippen LogP contribution is 2.37. The molecule has 1 saturated heterocycles. The van der Waals surface area contributed by atoms with Gasteiger partial charge in [-0.1, -0.05) is 0 Å². The number of hydrogen-bond donors (Lipinski definition) is 0. The topological polar surface area (TPSA) is 85.6 Å². The summed E-state index contributed by atoms with van der Waals surface area (Å²) in [5.41, 5.74) is 1.34. The number of nitrogens with zero attached hydrogens (tertiary/aromatic N) is 3. The predicted molar refractivity (Wildman–Crippen MR) is 90.5 cm³/mol. The van der Waals surface area contributed by atoms with Crippen LogP contribution in [0.1, 0.15) is 41.3 Å². The molecule has 0 radical (unpaired) electrons. The highest BCUT2D eigenvalue weighted by molar-refractivity contribution is 7.10. The Kier molecular flexibility index (Phi) is 4.75. The monoisotopic (exact) mass is 347 g/mol. The largest absolute Gasteiger partial charge is 0.461 e. The van der Waals surface area contributed by atoms with Crippen LogP contribution in [0.15, 0.2) is 29.6 Å². The maximum atomic E-state index is 11.8. The van der Waals surface area contributed by atoms with Gasteiger partial charge in [0.25, 0.3) is 5.69 Å². The van der Waals surface area contributed by atoms with Gasteiger partial charge in [-0.3, -0.25) is 10.1 Å². The fourth-order valence-corrected chi connectivity index (χ4v) is 3.77. The maximum absolute atomic E-state index is 11.8. The third-order valence-electron chi connectivity index (χ3n) is 3.94. The molecular formula is C16H17N3O4S. The first-order valence-corrected chi connectivity index (χ1v) is 8.61. The van der Waals surface area contributed by atoms with E-state index in [1.54, 1.807) is 24.4 Å². The van der Waals surface area contributed by atoms with E-state index in [4.69, 9.17) is 4.74 Å². The van der Waals surface area contributed by atoms with E-state index < -0.39 is 10.9 Å². The number of rotatable bonds is 5. The first-order valence-electron chi connectivity index (χ1n) is 7.73. The van der Waals surface area contributed by atoms with Gasteiger partial charge in [0.1, 0.15) is 5.01 Å². The predicted octanol–water partition coefficient (Wildman–Crippen LogP) is 3.57. The summed E-state index contributed by atoms with van der Waals surface area (Å²) >= 11 is 1.45. The molecule has 2 aromatic rings. The summed E-state index contributed by atoms with van der Waals surface area (Å²) in [6.07, 6.45) is 1.95. The lowest BCUT2D eigenvalue weighted by molar-refractivity contribution is -0.384. The molecule has 0 aliphatic carbocycles. The number of non-ortho nitro benzene ring substituents is 1. The molecule has 24 heavy (non-hydrogen) atoms. The normalized spacial score (nSPS) is 17.0. The molecule has 126 valence electrons. The summed E-state index contributed by atoms with van der Waals surface area (Å²) in [7, 11) is 0. The lowest BCUT2D eigenvalue weighted by Crippen LogP contribution is -2.22. The molecule has 7 nitrogen and oxygen atoms in total. The molecule has 1 fully saturated rings. The van der Waals surface area contributed by atoms with E-state index >= 15 is 0 Å². The second kappa shape index (κ2) is 6.96. The SMILES string of the molecule is CCOC(=O)c1csc(C2CCCN2c2ccc([N+](=O)[O-])cc2)n1. The van der Waals surface area contributed by atoms with Crippen LogP contribution >= 0.6 is 11.3 Å². The van der Waals surface area contributed by atoms with Crippen molar-refractivity contribution in [3.05, 3.63) is 50.5 Å². The number of thiazole rings is 1. The summed E-state index contributed by atoms with van der Waals surface area (Å²) < 4.78 is 4.98. The number of benzene rings is 1.